The predicted octanol–water partition coefficient (Wildman–Crippen LogP) is 3.35. The van der Waals surface area contributed by atoms with E-state index in [4.69, 9.17) is 9.15 Å². The van der Waals surface area contributed by atoms with Crippen LogP contribution in [0.4, 0.5) is 0 Å². The Balaban J connectivity index is 1.87. The molecule has 0 fully saturated rings. The molecule has 0 aliphatic carbocycles. The third-order valence-corrected chi connectivity index (χ3v) is 3.27. The molecular formula is C15H16BrNO3. The van der Waals surface area contributed by atoms with E-state index in [1.807, 2.05) is 32.0 Å². The topological polar surface area (TPSA) is 51.5 Å². The summed E-state index contributed by atoms with van der Waals surface area (Å²) in [5, 5.41) is 2.74. The van der Waals surface area contributed by atoms with Gasteiger partial charge in [0, 0.05) is 4.47 Å². The van der Waals surface area contributed by atoms with Crippen LogP contribution in [0.15, 0.2) is 39.4 Å². The molecule has 1 amide bonds. The molecular weight excluding hydrogens is 322 g/mol. The standard InChI is InChI=1S/C15H16BrNO3/c1-10-6-12(16)7-11(2)15(10)20-9-14(18)17-8-13-4-3-5-19-13/h3-7H,8-9H2,1-2H3,(H,17,18). The lowest BCUT2D eigenvalue weighted by molar-refractivity contribution is -0.123. The second-order valence-corrected chi connectivity index (χ2v) is 5.43. The highest BCUT2D eigenvalue weighted by molar-refractivity contribution is 9.10. The summed E-state index contributed by atoms with van der Waals surface area (Å²) in [5.41, 5.74) is 1.99. The summed E-state index contributed by atoms with van der Waals surface area (Å²) in [6.07, 6.45) is 1.58. The number of furan rings is 1. The first kappa shape index (κ1) is 14.7. The monoisotopic (exact) mass is 337 g/mol. The molecule has 0 radical (unpaired) electrons. The SMILES string of the molecule is Cc1cc(Br)cc(C)c1OCC(=O)NCc1ccco1. The van der Waals surface area contributed by atoms with Crippen LogP contribution >= 0.6 is 15.9 Å². The first-order chi connectivity index (χ1) is 9.56. The minimum atomic E-state index is -0.178. The highest BCUT2D eigenvalue weighted by atomic mass is 79.9. The van der Waals surface area contributed by atoms with Crippen molar-refractivity contribution in [3.63, 3.8) is 0 Å². The maximum absolute atomic E-state index is 11.7. The number of carbonyl (C=O) groups is 1. The second kappa shape index (κ2) is 6.61. The number of halogens is 1. The fourth-order valence-electron chi connectivity index (χ4n) is 1.91. The van der Waals surface area contributed by atoms with Crippen LogP contribution in [0.1, 0.15) is 16.9 Å². The Morgan fingerprint density at radius 3 is 2.65 bits per heavy atom. The largest absolute Gasteiger partial charge is 0.483 e. The van der Waals surface area contributed by atoms with Crippen molar-refractivity contribution < 1.29 is 13.9 Å². The van der Waals surface area contributed by atoms with Gasteiger partial charge in [-0.25, -0.2) is 0 Å². The van der Waals surface area contributed by atoms with Gasteiger partial charge in [-0.15, -0.1) is 0 Å². The molecule has 0 unspecified atom stereocenters. The van der Waals surface area contributed by atoms with Crippen molar-refractivity contribution in [1.29, 1.82) is 0 Å². The van der Waals surface area contributed by atoms with E-state index in [-0.39, 0.29) is 12.5 Å². The van der Waals surface area contributed by atoms with Crippen molar-refractivity contribution in [3.8, 4) is 5.75 Å². The molecule has 20 heavy (non-hydrogen) atoms. The summed E-state index contributed by atoms with van der Waals surface area (Å²) in [5.74, 6) is 1.29. The summed E-state index contributed by atoms with van der Waals surface area (Å²) in [7, 11) is 0. The molecule has 2 aromatic rings. The maximum atomic E-state index is 11.7. The number of rotatable bonds is 5. The van der Waals surface area contributed by atoms with E-state index in [1.165, 1.54) is 0 Å². The van der Waals surface area contributed by atoms with Crippen LogP contribution in [0.3, 0.4) is 0 Å². The summed E-state index contributed by atoms with van der Waals surface area (Å²) in [6.45, 7) is 4.26. The molecule has 0 spiro atoms. The third-order valence-electron chi connectivity index (χ3n) is 2.81. The fraction of sp³-hybridized carbons (Fsp3) is 0.267. The normalized spacial score (nSPS) is 10.3. The van der Waals surface area contributed by atoms with Gasteiger partial charge in [0.1, 0.15) is 11.5 Å². The Morgan fingerprint density at radius 2 is 2.05 bits per heavy atom. The molecule has 1 aromatic heterocycles. The van der Waals surface area contributed by atoms with Crippen LogP contribution < -0.4 is 10.1 Å². The lowest BCUT2D eigenvalue weighted by Crippen LogP contribution is -2.28. The van der Waals surface area contributed by atoms with Gasteiger partial charge in [-0.05, 0) is 49.2 Å². The smallest absolute Gasteiger partial charge is 0.258 e. The minimum Gasteiger partial charge on any atom is -0.483 e. The van der Waals surface area contributed by atoms with Crippen molar-refractivity contribution in [1.82, 2.24) is 5.32 Å². The van der Waals surface area contributed by atoms with E-state index in [2.05, 4.69) is 21.2 Å². The van der Waals surface area contributed by atoms with E-state index in [9.17, 15) is 4.79 Å². The second-order valence-electron chi connectivity index (χ2n) is 4.51. The van der Waals surface area contributed by atoms with Crippen LogP contribution in [0.2, 0.25) is 0 Å². The maximum Gasteiger partial charge on any atom is 0.258 e. The van der Waals surface area contributed by atoms with Gasteiger partial charge in [0.25, 0.3) is 5.91 Å². The zero-order valence-electron chi connectivity index (χ0n) is 11.4. The van der Waals surface area contributed by atoms with Crippen LogP contribution in [0.5, 0.6) is 5.75 Å². The van der Waals surface area contributed by atoms with Crippen LogP contribution in [0, 0.1) is 13.8 Å². The highest BCUT2D eigenvalue weighted by Crippen LogP contribution is 2.27. The molecule has 2 rings (SSSR count). The quantitative estimate of drug-likeness (QED) is 0.910. The number of hydrogen-bond acceptors (Lipinski definition) is 3. The van der Waals surface area contributed by atoms with Gasteiger partial charge < -0.3 is 14.5 Å². The Hall–Kier alpha value is -1.75. The van der Waals surface area contributed by atoms with Crippen molar-refractivity contribution in [2.45, 2.75) is 20.4 Å². The summed E-state index contributed by atoms with van der Waals surface area (Å²) in [4.78, 5) is 11.7. The van der Waals surface area contributed by atoms with Gasteiger partial charge in [-0.3, -0.25) is 4.79 Å². The Morgan fingerprint density at radius 1 is 1.35 bits per heavy atom. The first-order valence-electron chi connectivity index (χ1n) is 6.25. The number of ether oxygens (including phenoxy) is 1. The van der Waals surface area contributed by atoms with E-state index in [1.54, 1.807) is 12.3 Å². The van der Waals surface area contributed by atoms with Crippen LogP contribution in [-0.2, 0) is 11.3 Å². The highest BCUT2D eigenvalue weighted by Gasteiger charge is 2.09. The molecule has 5 heteroatoms. The van der Waals surface area contributed by atoms with Crippen molar-refractivity contribution in [2.24, 2.45) is 0 Å². The zero-order valence-corrected chi connectivity index (χ0v) is 13.0. The molecule has 0 aliphatic rings. The molecule has 4 nitrogen and oxygen atoms in total. The summed E-state index contributed by atoms with van der Waals surface area (Å²) in [6, 6.07) is 7.52. The minimum absolute atomic E-state index is 0.00990. The molecule has 0 bridgehead atoms. The van der Waals surface area contributed by atoms with Gasteiger partial charge in [-0.2, -0.15) is 0 Å². The molecule has 106 valence electrons. The van der Waals surface area contributed by atoms with E-state index in [0.717, 1.165) is 21.3 Å². The summed E-state index contributed by atoms with van der Waals surface area (Å²) < 4.78 is 11.7. The molecule has 1 N–H and O–H groups in total. The molecule has 1 aromatic carbocycles. The van der Waals surface area contributed by atoms with Gasteiger partial charge >= 0.3 is 0 Å². The van der Waals surface area contributed by atoms with Gasteiger partial charge in [0.15, 0.2) is 6.61 Å². The van der Waals surface area contributed by atoms with E-state index < -0.39 is 0 Å². The number of aryl methyl sites for hydroxylation is 2. The Kier molecular flexibility index (Phi) is 4.84. The number of amides is 1. The molecule has 0 saturated heterocycles. The van der Waals surface area contributed by atoms with Crippen molar-refractivity contribution in [3.05, 3.63) is 51.9 Å². The molecule has 0 saturated carbocycles. The lowest BCUT2D eigenvalue weighted by atomic mass is 10.1. The molecule has 0 aliphatic heterocycles. The first-order valence-corrected chi connectivity index (χ1v) is 7.04. The number of nitrogens with one attached hydrogen (secondary N) is 1. The van der Waals surface area contributed by atoms with Gasteiger partial charge in [-0.1, -0.05) is 15.9 Å². The summed E-state index contributed by atoms with van der Waals surface area (Å²) >= 11 is 3.43. The average Bonchev–Trinajstić information content (AvgIpc) is 2.88. The molecule has 1 heterocycles. The van der Waals surface area contributed by atoms with Crippen molar-refractivity contribution in [2.75, 3.05) is 6.61 Å². The number of benzene rings is 1. The van der Waals surface area contributed by atoms with Gasteiger partial charge in [0.05, 0.1) is 12.8 Å². The van der Waals surface area contributed by atoms with Crippen LogP contribution in [0.25, 0.3) is 0 Å². The fourth-order valence-corrected chi connectivity index (χ4v) is 2.60. The third kappa shape index (κ3) is 3.87. The predicted molar refractivity (Wildman–Crippen MR) is 79.7 cm³/mol. The Labute approximate surface area is 126 Å². The molecule has 0 atom stereocenters. The van der Waals surface area contributed by atoms with Crippen LogP contribution in [-0.4, -0.2) is 12.5 Å². The van der Waals surface area contributed by atoms with E-state index in [0.29, 0.717) is 12.3 Å². The Bertz CT molecular complexity index is 570. The van der Waals surface area contributed by atoms with Gasteiger partial charge in [0.2, 0.25) is 0 Å². The number of carbonyl (C=O) groups excluding carboxylic acids is 1. The number of hydrogen-bond donors (Lipinski definition) is 1. The lowest BCUT2D eigenvalue weighted by Gasteiger charge is -2.12. The van der Waals surface area contributed by atoms with E-state index >= 15 is 0 Å². The zero-order chi connectivity index (χ0) is 14.5. The average molecular weight is 338 g/mol. The van der Waals surface area contributed by atoms with Crippen molar-refractivity contribution >= 4 is 21.8 Å².